The maximum atomic E-state index is 13.2. The topological polar surface area (TPSA) is 149 Å². The number of allylic oxidation sites excluding steroid dienone is 19. The molecule has 0 spiro atoms. The van der Waals surface area contributed by atoms with Crippen LogP contribution in [0, 0.1) is 0 Å². The van der Waals surface area contributed by atoms with Gasteiger partial charge in [-0.15, -0.1) is 0 Å². The summed E-state index contributed by atoms with van der Waals surface area (Å²) in [5, 5.41) is 54.9. The third kappa shape index (κ3) is 63.3. The lowest BCUT2D eigenvalue weighted by Crippen LogP contribution is -2.60. The Labute approximate surface area is 598 Å². The molecule has 9 heteroatoms. The number of ether oxygens (including phenoxy) is 2. The van der Waals surface area contributed by atoms with E-state index < -0.39 is 49.5 Å². The SMILES string of the molecule is CC/C=C\C/C=C\C/C=C\C/C=C\C/C=C\C/C=C\C/C=C\CCCCCCCCCCCCCCCCCCCCCC(=O)NC(COC1OC(CO)C(O)C(O)C1O)C(O)/C=C/CC/C=C/CC/C=C/CCCCCCCCCCCCCCCCCCCCCCCCC. The molecule has 560 valence electrons. The van der Waals surface area contributed by atoms with Gasteiger partial charge in [-0.25, -0.2) is 0 Å². The molecule has 0 radical (unpaired) electrons. The van der Waals surface area contributed by atoms with Crippen molar-refractivity contribution in [3.05, 3.63) is 122 Å². The number of nitrogens with one attached hydrogen (secondary N) is 1. The highest BCUT2D eigenvalue weighted by atomic mass is 16.7. The van der Waals surface area contributed by atoms with Crippen LogP contribution >= 0.6 is 0 Å². The zero-order chi connectivity index (χ0) is 69.9. The number of aliphatic hydroxyl groups is 5. The van der Waals surface area contributed by atoms with Crippen LogP contribution in [-0.4, -0.2) is 87.5 Å². The van der Waals surface area contributed by atoms with Crippen LogP contribution in [0.25, 0.3) is 0 Å². The van der Waals surface area contributed by atoms with Gasteiger partial charge in [0.1, 0.15) is 24.4 Å². The van der Waals surface area contributed by atoms with E-state index in [2.05, 4.69) is 129 Å². The minimum atomic E-state index is -1.58. The van der Waals surface area contributed by atoms with E-state index in [9.17, 15) is 30.3 Å². The first kappa shape index (κ1) is 91.6. The zero-order valence-corrected chi connectivity index (χ0v) is 63.1. The summed E-state index contributed by atoms with van der Waals surface area (Å²) in [4.78, 5) is 13.2. The van der Waals surface area contributed by atoms with Gasteiger partial charge in [0.2, 0.25) is 5.91 Å². The fourth-order valence-electron chi connectivity index (χ4n) is 12.6. The molecular formula is C88H155NO8. The minimum Gasteiger partial charge on any atom is -0.394 e. The molecule has 1 aliphatic heterocycles. The van der Waals surface area contributed by atoms with E-state index in [0.29, 0.717) is 6.42 Å². The number of hydrogen-bond acceptors (Lipinski definition) is 8. The molecular weight excluding hydrogens is 1200 g/mol. The smallest absolute Gasteiger partial charge is 0.220 e. The summed E-state index contributed by atoms with van der Waals surface area (Å²) in [6.07, 6.45) is 106. The van der Waals surface area contributed by atoms with Crippen molar-refractivity contribution < 1.29 is 39.8 Å². The molecule has 1 aliphatic rings. The van der Waals surface area contributed by atoms with E-state index in [1.165, 1.54) is 263 Å². The molecule has 1 fully saturated rings. The van der Waals surface area contributed by atoms with Crippen molar-refractivity contribution in [2.45, 2.75) is 416 Å². The van der Waals surface area contributed by atoms with E-state index in [1.54, 1.807) is 6.08 Å². The number of unbranched alkanes of at least 4 members (excludes halogenated alkanes) is 44. The summed E-state index contributed by atoms with van der Waals surface area (Å²) in [5.41, 5.74) is 0. The first-order chi connectivity index (χ1) is 47.8. The van der Waals surface area contributed by atoms with E-state index >= 15 is 0 Å². The van der Waals surface area contributed by atoms with Gasteiger partial charge >= 0.3 is 0 Å². The minimum absolute atomic E-state index is 0.188. The first-order valence-electron chi connectivity index (χ1n) is 41.3. The average Bonchev–Trinajstić information content (AvgIpc) is 0.854. The molecule has 97 heavy (non-hydrogen) atoms. The normalized spacial score (nSPS) is 18.0. The summed E-state index contributed by atoms with van der Waals surface area (Å²) >= 11 is 0. The second-order valence-corrected chi connectivity index (χ2v) is 28.2. The molecule has 0 aromatic heterocycles. The number of carbonyl (C=O) groups excluding carboxylic acids is 1. The highest BCUT2D eigenvalue weighted by Crippen LogP contribution is 2.24. The third-order valence-corrected chi connectivity index (χ3v) is 19.0. The lowest BCUT2D eigenvalue weighted by molar-refractivity contribution is -0.302. The third-order valence-electron chi connectivity index (χ3n) is 19.0. The summed E-state index contributed by atoms with van der Waals surface area (Å²) < 4.78 is 11.3. The monoisotopic (exact) mass is 1350 g/mol. The van der Waals surface area contributed by atoms with Gasteiger partial charge in [-0.3, -0.25) is 4.79 Å². The Bertz CT molecular complexity index is 1960. The van der Waals surface area contributed by atoms with Gasteiger partial charge in [-0.05, 0) is 103 Å². The molecule has 1 rings (SSSR count). The van der Waals surface area contributed by atoms with Gasteiger partial charge in [0, 0.05) is 6.42 Å². The van der Waals surface area contributed by atoms with E-state index in [0.717, 1.165) is 89.9 Å². The van der Waals surface area contributed by atoms with Crippen molar-refractivity contribution in [3.63, 3.8) is 0 Å². The van der Waals surface area contributed by atoms with Gasteiger partial charge in [-0.1, -0.05) is 386 Å². The quantitative estimate of drug-likeness (QED) is 0.0261. The summed E-state index contributed by atoms with van der Waals surface area (Å²) in [5.74, 6) is -0.188. The predicted molar refractivity (Wildman–Crippen MR) is 419 cm³/mol. The fourth-order valence-corrected chi connectivity index (χ4v) is 12.6. The van der Waals surface area contributed by atoms with Gasteiger partial charge < -0.3 is 40.3 Å². The summed E-state index contributed by atoms with van der Waals surface area (Å²) in [6.45, 7) is 3.68. The van der Waals surface area contributed by atoms with Gasteiger partial charge in [0.05, 0.1) is 25.4 Å². The number of carbonyl (C=O) groups is 1. The molecule has 6 N–H and O–H groups in total. The molecule has 9 nitrogen and oxygen atoms in total. The largest absolute Gasteiger partial charge is 0.394 e. The Hall–Kier alpha value is -3.41. The average molecular weight is 1360 g/mol. The lowest BCUT2D eigenvalue weighted by Gasteiger charge is -2.40. The van der Waals surface area contributed by atoms with Gasteiger partial charge in [-0.2, -0.15) is 0 Å². The summed E-state index contributed by atoms with van der Waals surface area (Å²) in [6, 6.07) is -0.836. The van der Waals surface area contributed by atoms with Crippen LogP contribution in [0.1, 0.15) is 373 Å². The van der Waals surface area contributed by atoms with Crippen LogP contribution in [0.3, 0.4) is 0 Å². The van der Waals surface area contributed by atoms with Crippen molar-refractivity contribution in [1.82, 2.24) is 5.32 Å². The molecule has 7 unspecified atom stereocenters. The van der Waals surface area contributed by atoms with Crippen molar-refractivity contribution in [3.8, 4) is 0 Å². The van der Waals surface area contributed by atoms with Crippen LogP contribution < -0.4 is 5.32 Å². The Balaban J connectivity index is 2.09. The zero-order valence-electron chi connectivity index (χ0n) is 63.1. The van der Waals surface area contributed by atoms with Crippen LogP contribution in [0.4, 0.5) is 0 Å². The molecule has 7 atom stereocenters. The van der Waals surface area contributed by atoms with Gasteiger partial charge in [0.15, 0.2) is 6.29 Å². The standard InChI is InChI=1S/C88H155NO8/c1-3-5-7-9-11-13-15-17-19-21-23-25-27-29-31-33-35-37-38-39-40-41-42-43-44-46-48-50-52-54-56-58-60-62-64-66-68-70-72-74-76-78-84(92)89-81(80-96-88-87(95)86(94)85(93)83(79-90)97-88)82(91)77-75-73-71-69-67-65-63-61-59-57-55-53-51-49-47-45-36-34-32-30-28-26-24-22-20-18-16-14-12-10-8-6-4-2/h5,7,11,13,17,19,23,25,29,31,35,37,39-40,59,61,67,69,75,77,81-83,85-88,90-91,93-95H,3-4,6,8-10,12,14-16,18,20-22,24,26-28,30,32-34,36,38,41-58,60,62-66,68,70-74,76,78-80H2,1-2H3,(H,89,92)/b7-5-,13-11-,19-17-,25-23-,31-29-,37-35-,40-39-,61-59+,69-67+,77-75+. The van der Waals surface area contributed by atoms with Crippen molar-refractivity contribution >= 4 is 5.91 Å². The van der Waals surface area contributed by atoms with Crippen LogP contribution in [0.5, 0.6) is 0 Å². The number of hydrogen-bond donors (Lipinski definition) is 6. The molecule has 1 saturated heterocycles. The maximum Gasteiger partial charge on any atom is 0.220 e. The Morgan fingerprint density at radius 2 is 0.649 bits per heavy atom. The molecule has 0 bridgehead atoms. The Morgan fingerprint density at radius 1 is 0.361 bits per heavy atom. The second kappa shape index (κ2) is 75.3. The highest BCUT2D eigenvalue weighted by molar-refractivity contribution is 5.76. The Morgan fingerprint density at radius 3 is 0.990 bits per heavy atom. The van der Waals surface area contributed by atoms with Crippen molar-refractivity contribution in [2.75, 3.05) is 13.2 Å². The number of amides is 1. The second-order valence-electron chi connectivity index (χ2n) is 28.2. The molecule has 1 amide bonds. The number of aliphatic hydroxyl groups excluding tert-OH is 5. The first-order valence-corrected chi connectivity index (χ1v) is 41.3. The van der Waals surface area contributed by atoms with Crippen molar-refractivity contribution in [1.29, 1.82) is 0 Å². The maximum absolute atomic E-state index is 13.2. The molecule has 0 aromatic rings. The van der Waals surface area contributed by atoms with Crippen LogP contribution in [0.15, 0.2) is 122 Å². The Kier molecular flexibility index (Phi) is 71.1. The lowest BCUT2D eigenvalue weighted by atomic mass is 9.99. The molecule has 0 saturated carbocycles. The highest BCUT2D eigenvalue weighted by Gasteiger charge is 2.44. The molecule has 0 aromatic carbocycles. The van der Waals surface area contributed by atoms with Gasteiger partial charge in [0.25, 0.3) is 0 Å². The van der Waals surface area contributed by atoms with Crippen LogP contribution in [-0.2, 0) is 14.3 Å². The van der Waals surface area contributed by atoms with E-state index in [1.807, 2.05) is 6.08 Å². The fraction of sp³-hybridized carbons (Fsp3) is 0.761. The number of rotatable bonds is 72. The van der Waals surface area contributed by atoms with E-state index in [4.69, 9.17) is 9.47 Å². The predicted octanol–water partition coefficient (Wildman–Crippen LogP) is 24.1. The molecule has 0 aliphatic carbocycles. The molecule has 1 heterocycles. The summed E-state index contributed by atoms with van der Waals surface area (Å²) in [7, 11) is 0. The van der Waals surface area contributed by atoms with E-state index in [-0.39, 0.29) is 12.5 Å². The van der Waals surface area contributed by atoms with Crippen molar-refractivity contribution in [2.24, 2.45) is 0 Å². The van der Waals surface area contributed by atoms with Crippen LogP contribution in [0.2, 0.25) is 0 Å².